The monoisotopic (exact) mass is 289 g/mol. The van der Waals surface area contributed by atoms with Crippen molar-refractivity contribution in [3.05, 3.63) is 35.4 Å². The Morgan fingerprint density at radius 2 is 1.86 bits per heavy atom. The Hall–Kier alpha value is -0.900. The van der Waals surface area contributed by atoms with Gasteiger partial charge in [-0.3, -0.25) is 9.80 Å². The van der Waals surface area contributed by atoms with Crippen molar-refractivity contribution in [1.82, 2.24) is 9.80 Å². The molecule has 0 spiro atoms. The van der Waals surface area contributed by atoms with Crippen LogP contribution >= 0.6 is 0 Å². The third kappa shape index (κ3) is 3.85. The minimum Gasteiger partial charge on any atom is -0.329 e. The van der Waals surface area contributed by atoms with Crippen LogP contribution < -0.4 is 5.73 Å². The number of likely N-dealkylation sites (N-methyl/N-ethyl adjacent to an activating group) is 1. The molecule has 0 aromatic heterocycles. The lowest BCUT2D eigenvalue weighted by Crippen LogP contribution is -2.39. The molecule has 3 heteroatoms. The van der Waals surface area contributed by atoms with Crippen molar-refractivity contribution in [3.63, 3.8) is 0 Å². The standard InChI is InChI=1S/C18H31N3/c1-4-15-7-9-16(10-8-15)18(13-19)21-12-11-17(14-21)20(5-2)6-3/h7-10,17-18H,4-6,11-14,19H2,1-3H3. The lowest BCUT2D eigenvalue weighted by Gasteiger charge is -2.30. The molecule has 21 heavy (non-hydrogen) atoms. The van der Waals surface area contributed by atoms with E-state index >= 15 is 0 Å². The fraction of sp³-hybridized carbons (Fsp3) is 0.667. The van der Waals surface area contributed by atoms with Crippen LogP contribution in [-0.2, 0) is 6.42 Å². The number of nitrogens with zero attached hydrogens (tertiary/aromatic N) is 2. The molecule has 1 aliphatic rings. The van der Waals surface area contributed by atoms with Crippen LogP contribution in [0.2, 0.25) is 0 Å². The number of hydrogen-bond donors (Lipinski definition) is 1. The molecule has 2 rings (SSSR count). The van der Waals surface area contributed by atoms with Gasteiger partial charge in [-0.15, -0.1) is 0 Å². The van der Waals surface area contributed by atoms with Gasteiger partial charge in [-0.05, 0) is 37.1 Å². The van der Waals surface area contributed by atoms with E-state index in [-0.39, 0.29) is 0 Å². The Kier molecular flexibility index (Phi) is 6.22. The second-order valence-corrected chi connectivity index (χ2v) is 6.01. The summed E-state index contributed by atoms with van der Waals surface area (Å²) < 4.78 is 0. The van der Waals surface area contributed by atoms with Crippen LogP contribution in [0, 0.1) is 0 Å². The lowest BCUT2D eigenvalue weighted by molar-refractivity contribution is 0.190. The van der Waals surface area contributed by atoms with Crippen LogP contribution in [0.15, 0.2) is 24.3 Å². The van der Waals surface area contributed by atoms with Gasteiger partial charge in [0.25, 0.3) is 0 Å². The Morgan fingerprint density at radius 1 is 1.19 bits per heavy atom. The van der Waals surface area contributed by atoms with E-state index in [4.69, 9.17) is 5.73 Å². The predicted octanol–water partition coefficient (Wildman–Crippen LogP) is 2.66. The zero-order valence-corrected chi connectivity index (χ0v) is 13.9. The maximum Gasteiger partial charge on any atom is 0.0471 e. The first-order chi connectivity index (χ1) is 10.2. The van der Waals surface area contributed by atoms with E-state index in [0.717, 1.165) is 26.1 Å². The highest BCUT2D eigenvalue weighted by atomic mass is 15.3. The number of benzene rings is 1. The van der Waals surface area contributed by atoms with Gasteiger partial charge < -0.3 is 5.73 Å². The zero-order chi connectivity index (χ0) is 15.2. The topological polar surface area (TPSA) is 32.5 Å². The highest BCUT2D eigenvalue weighted by molar-refractivity contribution is 5.25. The summed E-state index contributed by atoms with van der Waals surface area (Å²) in [6.07, 6.45) is 2.37. The molecule has 0 amide bonds. The van der Waals surface area contributed by atoms with E-state index < -0.39 is 0 Å². The van der Waals surface area contributed by atoms with E-state index in [0.29, 0.717) is 18.6 Å². The van der Waals surface area contributed by atoms with Crippen molar-refractivity contribution in [2.45, 2.75) is 45.7 Å². The number of rotatable bonds is 7. The van der Waals surface area contributed by atoms with Crippen molar-refractivity contribution < 1.29 is 0 Å². The normalized spacial score (nSPS) is 21.1. The Labute approximate surface area is 130 Å². The van der Waals surface area contributed by atoms with E-state index in [1.165, 1.54) is 24.1 Å². The summed E-state index contributed by atoms with van der Waals surface area (Å²) in [6.45, 7) is 12.0. The largest absolute Gasteiger partial charge is 0.329 e. The Morgan fingerprint density at radius 3 is 2.38 bits per heavy atom. The quantitative estimate of drug-likeness (QED) is 0.837. The summed E-state index contributed by atoms with van der Waals surface area (Å²) in [6, 6.07) is 10.1. The lowest BCUT2D eigenvalue weighted by atomic mass is 10.0. The van der Waals surface area contributed by atoms with Crippen molar-refractivity contribution in [1.29, 1.82) is 0 Å². The van der Waals surface area contributed by atoms with Gasteiger partial charge in [0, 0.05) is 31.7 Å². The molecule has 0 radical (unpaired) electrons. The fourth-order valence-electron chi connectivity index (χ4n) is 3.56. The molecule has 1 fully saturated rings. The molecule has 0 saturated carbocycles. The summed E-state index contributed by atoms with van der Waals surface area (Å²) >= 11 is 0. The van der Waals surface area contributed by atoms with Crippen LogP contribution in [0.5, 0.6) is 0 Å². The first kappa shape index (κ1) is 16.5. The first-order valence-corrected chi connectivity index (χ1v) is 8.50. The second-order valence-electron chi connectivity index (χ2n) is 6.01. The maximum atomic E-state index is 6.09. The summed E-state index contributed by atoms with van der Waals surface area (Å²) in [5.41, 5.74) is 8.86. The molecule has 1 aliphatic heterocycles. The highest BCUT2D eigenvalue weighted by Crippen LogP contribution is 2.26. The molecule has 118 valence electrons. The van der Waals surface area contributed by atoms with E-state index in [1.807, 2.05) is 0 Å². The van der Waals surface area contributed by atoms with Gasteiger partial charge in [0.2, 0.25) is 0 Å². The van der Waals surface area contributed by atoms with Gasteiger partial charge in [0.15, 0.2) is 0 Å². The Balaban J connectivity index is 2.04. The molecule has 1 heterocycles. The molecule has 2 unspecified atom stereocenters. The summed E-state index contributed by atoms with van der Waals surface area (Å²) in [5, 5.41) is 0. The third-order valence-corrected chi connectivity index (χ3v) is 4.96. The molecule has 2 N–H and O–H groups in total. The number of nitrogens with two attached hydrogens (primary N) is 1. The first-order valence-electron chi connectivity index (χ1n) is 8.50. The van der Waals surface area contributed by atoms with Gasteiger partial charge in [-0.25, -0.2) is 0 Å². The van der Waals surface area contributed by atoms with Gasteiger partial charge in [0.05, 0.1) is 0 Å². The zero-order valence-electron chi connectivity index (χ0n) is 13.9. The average molecular weight is 289 g/mol. The minimum atomic E-state index is 0.372. The molecule has 0 bridgehead atoms. The number of aryl methyl sites for hydroxylation is 1. The summed E-state index contributed by atoms with van der Waals surface area (Å²) in [7, 11) is 0. The Bertz CT molecular complexity index is 411. The SMILES string of the molecule is CCc1ccc(C(CN)N2CCC(N(CC)CC)C2)cc1. The molecule has 1 aromatic carbocycles. The van der Waals surface area contributed by atoms with E-state index in [1.54, 1.807) is 0 Å². The molecule has 0 aliphatic carbocycles. The molecule has 3 nitrogen and oxygen atoms in total. The van der Waals surface area contributed by atoms with Gasteiger partial charge in [-0.1, -0.05) is 45.0 Å². The molecular weight excluding hydrogens is 258 g/mol. The van der Waals surface area contributed by atoms with Crippen LogP contribution in [0.25, 0.3) is 0 Å². The fourth-order valence-corrected chi connectivity index (χ4v) is 3.56. The number of hydrogen-bond acceptors (Lipinski definition) is 3. The number of likely N-dealkylation sites (tertiary alicyclic amines) is 1. The van der Waals surface area contributed by atoms with Crippen LogP contribution in [0.3, 0.4) is 0 Å². The molecule has 1 aromatic rings. The van der Waals surface area contributed by atoms with E-state index in [9.17, 15) is 0 Å². The predicted molar refractivity (Wildman–Crippen MR) is 90.5 cm³/mol. The van der Waals surface area contributed by atoms with Crippen molar-refractivity contribution in [2.75, 3.05) is 32.7 Å². The smallest absolute Gasteiger partial charge is 0.0471 e. The van der Waals surface area contributed by atoms with Crippen LogP contribution in [0.1, 0.15) is 44.4 Å². The van der Waals surface area contributed by atoms with Crippen molar-refractivity contribution in [2.24, 2.45) is 5.73 Å². The summed E-state index contributed by atoms with van der Waals surface area (Å²) in [4.78, 5) is 5.15. The van der Waals surface area contributed by atoms with Crippen LogP contribution in [0.4, 0.5) is 0 Å². The van der Waals surface area contributed by atoms with Crippen LogP contribution in [-0.4, -0.2) is 48.6 Å². The van der Waals surface area contributed by atoms with Gasteiger partial charge >= 0.3 is 0 Å². The van der Waals surface area contributed by atoms with E-state index in [2.05, 4.69) is 54.8 Å². The average Bonchev–Trinajstić information content (AvgIpc) is 2.99. The molecular formula is C18H31N3. The molecule has 1 saturated heterocycles. The second kappa shape index (κ2) is 7.92. The highest BCUT2D eigenvalue weighted by Gasteiger charge is 2.30. The van der Waals surface area contributed by atoms with Crippen molar-refractivity contribution in [3.8, 4) is 0 Å². The third-order valence-electron chi connectivity index (χ3n) is 4.96. The minimum absolute atomic E-state index is 0.372. The molecule has 2 atom stereocenters. The van der Waals surface area contributed by atoms with Crippen molar-refractivity contribution >= 4 is 0 Å². The maximum absolute atomic E-state index is 6.09. The van der Waals surface area contributed by atoms with Gasteiger partial charge in [-0.2, -0.15) is 0 Å². The van der Waals surface area contributed by atoms with Gasteiger partial charge in [0.1, 0.15) is 0 Å². The summed E-state index contributed by atoms with van der Waals surface area (Å²) in [5.74, 6) is 0.